The molecule has 0 spiro atoms. The number of hydrogen-bond donors (Lipinski definition) is 2. The Kier molecular flexibility index (Phi) is 6.25. The van der Waals surface area contributed by atoms with Crippen LogP contribution < -0.4 is 10.6 Å². The Labute approximate surface area is 153 Å². The van der Waals surface area contributed by atoms with Gasteiger partial charge >= 0.3 is 6.03 Å². The second kappa shape index (κ2) is 8.83. The van der Waals surface area contributed by atoms with Crippen molar-refractivity contribution in [3.05, 3.63) is 70.4 Å². The van der Waals surface area contributed by atoms with Gasteiger partial charge in [0.2, 0.25) is 0 Å². The number of fused-ring (bicyclic) bond motifs is 1. The summed E-state index contributed by atoms with van der Waals surface area (Å²) in [6, 6.07) is 10.9. The van der Waals surface area contributed by atoms with Gasteiger partial charge in [-0.05, 0) is 46.4 Å². The molecule has 2 amide bonds. The summed E-state index contributed by atoms with van der Waals surface area (Å²) in [6.45, 7) is 6.56. The quantitative estimate of drug-likeness (QED) is 0.749. The highest BCUT2D eigenvalue weighted by molar-refractivity contribution is 7.07. The summed E-state index contributed by atoms with van der Waals surface area (Å²) >= 11 is 1.69. The molecule has 4 nitrogen and oxygen atoms in total. The van der Waals surface area contributed by atoms with Gasteiger partial charge in [-0.3, -0.25) is 0 Å². The number of hydrogen-bond acceptors (Lipinski definition) is 3. The van der Waals surface area contributed by atoms with Crippen molar-refractivity contribution < 1.29 is 4.79 Å². The van der Waals surface area contributed by atoms with Crippen molar-refractivity contribution in [3.8, 4) is 0 Å². The molecule has 2 heterocycles. The molecule has 0 saturated carbocycles. The lowest BCUT2D eigenvalue weighted by Gasteiger charge is -2.31. The van der Waals surface area contributed by atoms with Crippen LogP contribution in [0.2, 0.25) is 0 Å². The Hall–Kier alpha value is -2.11. The van der Waals surface area contributed by atoms with Crippen molar-refractivity contribution in [1.29, 1.82) is 0 Å². The number of thiophene rings is 1. The van der Waals surface area contributed by atoms with E-state index in [-0.39, 0.29) is 12.1 Å². The first-order valence-electron chi connectivity index (χ1n) is 8.71. The third-order valence-electron chi connectivity index (χ3n) is 4.51. The van der Waals surface area contributed by atoms with Crippen LogP contribution in [0.3, 0.4) is 0 Å². The lowest BCUT2D eigenvalue weighted by molar-refractivity contribution is 0.196. The Bertz CT molecular complexity index is 699. The third-order valence-corrected chi connectivity index (χ3v) is 5.25. The normalized spacial score (nSPS) is 16.1. The summed E-state index contributed by atoms with van der Waals surface area (Å²) in [4.78, 5) is 14.4. The topological polar surface area (TPSA) is 44.4 Å². The van der Waals surface area contributed by atoms with E-state index >= 15 is 0 Å². The summed E-state index contributed by atoms with van der Waals surface area (Å²) in [5.41, 5.74) is 4.00. The van der Waals surface area contributed by atoms with Gasteiger partial charge in [-0.2, -0.15) is 11.3 Å². The van der Waals surface area contributed by atoms with E-state index in [0.717, 1.165) is 19.4 Å². The predicted octanol–water partition coefficient (Wildman–Crippen LogP) is 3.20. The Morgan fingerprint density at radius 2 is 2.20 bits per heavy atom. The van der Waals surface area contributed by atoms with E-state index in [1.54, 1.807) is 17.4 Å². The van der Waals surface area contributed by atoms with Gasteiger partial charge in [0.15, 0.2) is 0 Å². The van der Waals surface area contributed by atoms with E-state index in [4.69, 9.17) is 0 Å². The summed E-state index contributed by atoms with van der Waals surface area (Å²) in [5, 5.41) is 10.8. The standard InChI is InChI=1S/C20H25N3OS/c1-2-10-23(20(24)21-9-7-16-8-11-25-15-16)14-19-12-17-5-3-4-6-18(17)13-22-19/h2-6,8,11,15,19,22H,1,7,9-10,12-14H2,(H,21,24). The average Bonchev–Trinajstić information content (AvgIpc) is 3.14. The summed E-state index contributed by atoms with van der Waals surface area (Å²) in [6.07, 6.45) is 3.60. The third kappa shape index (κ3) is 4.94. The van der Waals surface area contributed by atoms with E-state index in [9.17, 15) is 4.79 Å². The molecular formula is C20H25N3OS. The molecule has 1 unspecified atom stereocenters. The van der Waals surface area contributed by atoms with Crippen LogP contribution in [-0.2, 0) is 19.4 Å². The highest BCUT2D eigenvalue weighted by Gasteiger charge is 2.22. The molecule has 1 aromatic heterocycles. The summed E-state index contributed by atoms with van der Waals surface area (Å²) in [5.74, 6) is 0. The van der Waals surface area contributed by atoms with E-state index < -0.39 is 0 Å². The second-order valence-electron chi connectivity index (χ2n) is 6.36. The van der Waals surface area contributed by atoms with Gasteiger partial charge in [-0.25, -0.2) is 4.79 Å². The van der Waals surface area contributed by atoms with Crippen LogP contribution in [0.4, 0.5) is 4.79 Å². The molecule has 0 radical (unpaired) electrons. The number of nitrogens with one attached hydrogen (secondary N) is 2. The first kappa shape index (κ1) is 17.7. The predicted molar refractivity (Wildman–Crippen MR) is 104 cm³/mol. The van der Waals surface area contributed by atoms with Crippen LogP contribution in [0.15, 0.2) is 53.7 Å². The first-order valence-corrected chi connectivity index (χ1v) is 9.65. The summed E-state index contributed by atoms with van der Waals surface area (Å²) < 4.78 is 0. The average molecular weight is 356 g/mol. The fourth-order valence-electron chi connectivity index (χ4n) is 3.17. The van der Waals surface area contributed by atoms with Crippen LogP contribution in [0, 0.1) is 0 Å². The fraction of sp³-hybridized carbons (Fsp3) is 0.350. The van der Waals surface area contributed by atoms with Gasteiger partial charge in [0, 0.05) is 32.2 Å². The molecule has 3 rings (SSSR count). The Balaban J connectivity index is 1.52. The molecule has 25 heavy (non-hydrogen) atoms. The van der Waals surface area contributed by atoms with Gasteiger partial charge in [-0.1, -0.05) is 30.3 Å². The number of nitrogens with zero attached hydrogens (tertiary/aromatic N) is 1. The number of amides is 2. The SMILES string of the molecule is C=CCN(CC1Cc2ccccc2CN1)C(=O)NCCc1ccsc1. The van der Waals surface area contributed by atoms with Crippen LogP contribution in [-0.4, -0.2) is 36.6 Å². The summed E-state index contributed by atoms with van der Waals surface area (Å²) in [7, 11) is 0. The lowest BCUT2D eigenvalue weighted by atomic mass is 9.95. The van der Waals surface area contributed by atoms with Gasteiger partial charge in [0.1, 0.15) is 0 Å². The van der Waals surface area contributed by atoms with Gasteiger partial charge in [0.05, 0.1) is 0 Å². The van der Waals surface area contributed by atoms with Gasteiger partial charge in [0.25, 0.3) is 0 Å². The second-order valence-corrected chi connectivity index (χ2v) is 7.14. The minimum atomic E-state index is -0.0178. The molecule has 1 aromatic carbocycles. The lowest BCUT2D eigenvalue weighted by Crippen LogP contribution is -2.49. The maximum atomic E-state index is 12.5. The number of carbonyl (C=O) groups excluding carboxylic acids is 1. The molecule has 5 heteroatoms. The molecule has 1 atom stereocenters. The Morgan fingerprint density at radius 3 is 2.96 bits per heavy atom. The van der Waals surface area contributed by atoms with E-state index in [1.165, 1.54) is 16.7 Å². The largest absolute Gasteiger partial charge is 0.338 e. The van der Waals surface area contributed by atoms with Crippen LogP contribution in [0.1, 0.15) is 16.7 Å². The van der Waals surface area contributed by atoms with Crippen molar-refractivity contribution in [3.63, 3.8) is 0 Å². The van der Waals surface area contributed by atoms with Crippen LogP contribution in [0.25, 0.3) is 0 Å². The number of carbonyl (C=O) groups is 1. The number of rotatable bonds is 7. The highest BCUT2D eigenvalue weighted by atomic mass is 32.1. The molecule has 0 saturated heterocycles. The van der Waals surface area contributed by atoms with E-state index in [1.807, 2.05) is 4.90 Å². The molecule has 2 N–H and O–H groups in total. The van der Waals surface area contributed by atoms with Crippen molar-refractivity contribution in [2.75, 3.05) is 19.6 Å². The molecule has 2 aromatic rings. The zero-order chi connectivity index (χ0) is 17.5. The van der Waals surface area contributed by atoms with Crippen LogP contribution in [0.5, 0.6) is 0 Å². The minimum absolute atomic E-state index is 0.0178. The zero-order valence-electron chi connectivity index (χ0n) is 14.4. The number of benzene rings is 1. The monoisotopic (exact) mass is 355 g/mol. The van der Waals surface area contributed by atoms with Crippen LogP contribution >= 0.6 is 11.3 Å². The Morgan fingerprint density at radius 1 is 1.36 bits per heavy atom. The highest BCUT2D eigenvalue weighted by Crippen LogP contribution is 2.17. The van der Waals surface area contributed by atoms with E-state index in [2.05, 4.69) is 58.3 Å². The van der Waals surface area contributed by atoms with Crippen molar-refractivity contribution in [2.24, 2.45) is 0 Å². The zero-order valence-corrected chi connectivity index (χ0v) is 15.2. The van der Waals surface area contributed by atoms with Gasteiger partial charge < -0.3 is 15.5 Å². The molecule has 1 aliphatic rings. The maximum Gasteiger partial charge on any atom is 0.317 e. The van der Waals surface area contributed by atoms with Crippen molar-refractivity contribution >= 4 is 17.4 Å². The molecule has 0 aliphatic carbocycles. The number of urea groups is 1. The van der Waals surface area contributed by atoms with E-state index in [0.29, 0.717) is 19.6 Å². The molecule has 0 fully saturated rings. The molecule has 132 valence electrons. The van der Waals surface area contributed by atoms with Crippen molar-refractivity contribution in [1.82, 2.24) is 15.5 Å². The fourth-order valence-corrected chi connectivity index (χ4v) is 3.88. The minimum Gasteiger partial charge on any atom is -0.338 e. The van der Waals surface area contributed by atoms with Crippen molar-refractivity contribution in [2.45, 2.75) is 25.4 Å². The van der Waals surface area contributed by atoms with Gasteiger partial charge in [-0.15, -0.1) is 6.58 Å². The first-order chi connectivity index (χ1) is 12.3. The smallest absolute Gasteiger partial charge is 0.317 e. The molecule has 0 bridgehead atoms. The molecular weight excluding hydrogens is 330 g/mol. The molecule has 1 aliphatic heterocycles. The maximum absolute atomic E-state index is 12.5.